The van der Waals surface area contributed by atoms with Gasteiger partial charge in [0.25, 0.3) is 0 Å². The van der Waals surface area contributed by atoms with Gasteiger partial charge in [0.1, 0.15) is 0 Å². The number of aromatic nitrogens is 4. The molecule has 0 radical (unpaired) electrons. The van der Waals surface area contributed by atoms with Crippen LogP contribution >= 0.6 is 0 Å². The van der Waals surface area contributed by atoms with E-state index < -0.39 is 5.97 Å². The highest BCUT2D eigenvalue weighted by Gasteiger charge is 2.18. The number of tetrazole rings is 1. The molecule has 1 aromatic carbocycles. The van der Waals surface area contributed by atoms with Gasteiger partial charge < -0.3 is 10.4 Å². The van der Waals surface area contributed by atoms with Gasteiger partial charge in [0.2, 0.25) is 5.91 Å². The van der Waals surface area contributed by atoms with E-state index in [0.29, 0.717) is 17.1 Å². The van der Waals surface area contributed by atoms with Crippen molar-refractivity contribution in [3.05, 3.63) is 35.7 Å². The van der Waals surface area contributed by atoms with Crippen molar-refractivity contribution in [3.8, 4) is 0 Å². The highest BCUT2D eigenvalue weighted by molar-refractivity contribution is 5.91. The highest BCUT2D eigenvalue weighted by Crippen LogP contribution is 2.12. The van der Waals surface area contributed by atoms with Crippen molar-refractivity contribution >= 4 is 17.6 Å². The molecular weight excluding hydrogens is 298 g/mol. The van der Waals surface area contributed by atoms with Gasteiger partial charge in [-0.15, -0.1) is 10.2 Å². The van der Waals surface area contributed by atoms with Crippen LogP contribution in [0.5, 0.6) is 0 Å². The lowest BCUT2D eigenvalue weighted by molar-refractivity contribution is -0.136. The number of nitrogens with one attached hydrogen (secondary N) is 1. The lowest BCUT2D eigenvalue weighted by Gasteiger charge is -2.15. The third kappa shape index (κ3) is 4.87. The first-order chi connectivity index (χ1) is 10.7. The number of carbonyl (C=O) groups is 2. The van der Waals surface area contributed by atoms with Crippen molar-refractivity contribution in [2.45, 2.75) is 39.2 Å². The molecule has 2 N–H and O–H groups in total. The molecule has 0 aliphatic rings. The maximum Gasteiger partial charge on any atom is 0.307 e. The molecule has 1 aromatic heterocycles. The Balaban J connectivity index is 1.99. The Hall–Kier alpha value is -2.77. The van der Waals surface area contributed by atoms with E-state index in [9.17, 15) is 9.59 Å². The number of hydrogen-bond acceptors (Lipinski definition) is 5. The van der Waals surface area contributed by atoms with Crippen molar-refractivity contribution < 1.29 is 14.7 Å². The Kier molecular flexibility index (Phi) is 4.73. The summed E-state index contributed by atoms with van der Waals surface area (Å²) in [5, 5.41) is 23.5. The van der Waals surface area contributed by atoms with E-state index in [4.69, 9.17) is 5.11 Å². The average Bonchev–Trinajstić information content (AvgIpc) is 2.86. The summed E-state index contributed by atoms with van der Waals surface area (Å²) in [5.74, 6) is -0.874. The van der Waals surface area contributed by atoms with Crippen molar-refractivity contribution in [1.82, 2.24) is 20.2 Å². The van der Waals surface area contributed by atoms with E-state index in [1.54, 1.807) is 24.3 Å². The first kappa shape index (κ1) is 16.6. The number of nitrogens with zero attached hydrogens (tertiary/aromatic N) is 4. The number of hydrogen-bond donors (Lipinski definition) is 2. The summed E-state index contributed by atoms with van der Waals surface area (Å²) >= 11 is 0. The molecule has 8 heteroatoms. The van der Waals surface area contributed by atoms with Crippen LogP contribution in [0.1, 0.15) is 32.2 Å². The summed E-state index contributed by atoms with van der Waals surface area (Å²) in [6.07, 6.45) is -0.0928. The lowest BCUT2D eigenvalue weighted by Crippen LogP contribution is -2.25. The van der Waals surface area contributed by atoms with Crippen LogP contribution in [0.4, 0.5) is 5.69 Å². The summed E-state index contributed by atoms with van der Waals surface area (Å²) in [5.41, 5.74) is 0.858. The molecule has 8 nitrogen and oxygen atoms in total. The maximum absolute atomic E-state index is 12.0. The molecule has 0 aliphatic heterocycles. The molecule has 0 saturated carbocycles. The number of rotatable bonds is 5. The van der Waals surface area contributed by atoms with E-state index in [1.165, 1.54) is 4.80 Å². The Morgan fingerprint density at radius 1 is 1.26 bits per heavy atom. The number of carboxylic acids is 1. The Morgan fingerprint density at radius 3 is 2.61 bits per heavy atom. The first-order valence-corrected chi connectivity index (χ1v) is 7.14. The number of carbonyl (C=O) groups excluding carboxylic acids is 1. The van der Waals surface area contributed by atoms with Crippen LogP contribution in [-0.2, 0) is 28.0 Å². The molecule has 1 heterocycles. The largest absolute Gasteiger partial charge is 0.481 e. The Labute approximate surface area is 133 Å². The molecule has 1 amide bonds. The highest BCUT2D eigenvalue weighted by atomic mass is 16.4. The molecule has 2 aromatic rings. The van der Waals surface area contributed by atoms with Crippen LogP contribution in [0.25, 0.3) is 0 Å². The molecule has 0 aliphatic carbocycles. The predicted octanol–water partition coefficient (Wildman–Crippen LogP) is 1.24. The first-order valence-electron chi connectivity index (χ1n) is 7.14. The molecule has 0 atom stereocenters. The standard InChI is InChI=1S/C15H19N5O3/c1-15(2,3)20-18-12(17-19-20)9-13(21)16-11-6-4-5-10(7-11)8-14(22)23/h4-7H,8-9H2,1-3H3,(H,16,21)(H,22,23). The van der Waals surface area contributed by atoms with E-state index in [1.807, 2.05) is 20.8 Å². The summed E-state index contributed by atoms with van der Waals surface area (Å²) < 4.78 is 0. The normalized spacial score (nSPS) is 11.3. The van der Waals surface area contributed by atoms with Gasteiger partial charge in [-0.2, -0.15) is 4.80 Å². The molecular formula is C15H19N5O3. The monoisotopic (exact) mass is 317 g/mol. The third-order valence-corrected chi connectivity index (χ3v) is 2.94. The fraction of sp³-hybridized carbons (Fsp3) is 0.400. The second-order valence-electron chi connectivity index (χ2n) is 6.16. The quantitative estimate of drug-likeness (QED) is 0.858. The van der Waals surface area contributed by atoms with E-state index in [0.717, 1.165) is 0 Å². The number of carboxylic acid groups (broad SMARTS) is 1. The van der Waals surface area contributed by atoms with Gasteiger partial charge >= 0.3 is 5.97 Å². The van der Waals surface area contributed by atoms with E-state index >= 15 is 0 Å². The fourth-order valence-corrected chi connectivity index (χ4v) is 1.88. The average molecular weight is 317 g/mol. The summed E-state index contributed by atoms with van der Waals surface area (Å²) in [6, 6.07) is 6.72. The van der Waals surface area contributed by atoms with Crippen molar-refractivity contribution in [2.75, 3.05) is 5.32 Å². The van der Waals surface area contributed by atoms with Crippen molar-refractivity contribution in [2.24, 2.45) is 0 Å². The molecule has 0 saturated heterocycles. The maximum atomic E-state index is 12.0. The molecule has 0 fully saturated rings. The van der Waals surface area contributed by atoms with Gasteiger partial charge in [-0.3, -0.25) is 9.59 Å². The minimum atomic E-state index is -0.920. The van der Waals surface area contributed by atoms with Crippen molar-refractivity contribution in [3.63, 3.8) is 0 Å². The van der Waals surface area contributed by atoms with Gasteiger partial charge in [0, 0.05) is 5.69 Å². The topological polar surface area (TPSA) is 110 Å². The molecule has 23 heavy (non-hydrogen) atoms. The van der Waals surface area contributed by atoms with Crippen LogP contribution in [-0.4, -0.2) is 37.2 Å². The van der Waals surface area contributed by atoms with Crippen LogP contribution in [0.2, 0.25) is 0 Å². The Bertz CT molecular complexity index is 718. The second-order valence-corrected chi connectivity index (χ2v) is 6.16. The summed E-state index contributed by atoms with van der Waals surface area (Å²) in [4.78, 5) is 24.2. The molecule has 0 unspecified atom stereocenters. The molecule has 0 spiro atoms. The predicted molar refractivity (Wildman–Crippen MR) is 82.9 cm³/mol. The third-order valence-electron chi connectivity index (χ3n) is 2.94. The number of anilines is 1. The minimum absolute atomic E-state index is 0.000756. The van der Waals surface area contributed by atoms with E-state index in [2.05, 4.69) is 20.7 Å². The van der Waals surface area contributed by atoms with Crippen LogP contribution < -0.4 is 5.32 Å². The Morgan fingerprint density at radius 2 is 2.00 bits per heavy atom. The van der Waals surface area contributed by atoms with Crippen LogP contribution in [0.3, 0.4) is 0 Å². The smallest absolute Gasteiger partial charge is 0.307 e. The fourth-order valence-electron chi connectivity index (χ4n) is 1.88. The van der Waals surface area contributed by atoms with Gasteiger partial charge in [0.15, 0.2) is 5.82 Å². The summed E-state index contributed by atoms with van der Waals surface area (Å²) in [7, 11) is 0. The van der Waals surface area contributed by atoms with Crippen LogP contribution in [0, 0.1) is 0 Å². The lowest BCUT2D eigenvalue weighted by atomic mass is 10.1. The van der Waals surface area contributed by atoms with Gasteiger partial charge in [-0.25, -0.2) is 0 Å². The number of amides is 1. The van der Waals surface area contributed by atoms with Gasteiger partial charge in [0.05, 0.1) is 18.4 Å². The van der Waals surface area contributed by atoms with Crippen molar-refractivity contribution in [1.29, 1.82) is 0 Å². The van der Waals surface area contributed by atoms with Gasteiger partial charge in [-0.05, 0) is 43.7 Å². The summed E-state index contributed by atoms with van der Waals surface area (Å²) in [6.45, 7) is 5.81. The van der Waals surface area contributed by atoms with E-state index in [-0.39, 0.29) is 24.3 Å². The second kappa shape index (κ2) is 6.55. The zero-order valence-corrected chi connectivity index (χ0v) is 13.3. The molecule has 122 valence electrons. The zero-order chi connectivity index (χ0) is 17.0. The number of aliphatic carboxylic acids is 1. The minimum Gasteiger partial charge on any atom is -0.481 e. The number of benzene rings is 1. The zero-order valence-electron chi connectivity index (χ0n) is 13.3. The molecule has 0 bridgehead atoms. The SMILES string of the molecule is CC(C)(C)n1nnc(CC(=O)Nc2cccc(CC(=O)O)c2)n1. The van der Waals surface area contributed by atoms with Gasteiger partial charge in [-0.1, -0.05) is 12.1 Å². The molecule has 2 rings (SSSR count). The van der Waals surface area contributed by atoms with Crippen LogP contribution in [0.15, 0.2) is 24.3 Å².